The minimum Gasteiger partial charge on any atom is -0.478 e. The molecule has 18 heavy (non-hydrogen) atoms. The summed E-state index contributed by atoms with van der Waals surface area (Å²) >= 11 is 0. The van der Waals surface area contributed by atoms with Gasteiger partial charge in [0.15, 0.2) is 5.82 Å². The van der Waals surface area contributed by atoms with Gasteiger partial charge in [-0.15, -0.1) is 0 Å². The molecule has 1 aromatic heterocycles. The minimum absolute atomic E-state index is 0.0676. The molecule has 1 saturated heterocycles. The Morgan fingerprint density at radius 2 is 2.39 bits per heavy atom. The molecule has 94 valence electrons. The maximum Gasteiger partial charge on any atom is 0.337 e. The predicted octanol–water partition coefficient (Wildman–Crippen LogP) is 1.01. The van der Waals surface area contributed by atoms with Gasteiger partial charge in [-0.25, -0.2) is 9.78 Å². The third kappa shape index (κ3) is 1.45. The molecular weight excluding hydrogens is 234 g/mol. The lowest BCUT2D eigenvalue weighted by atomic mass is 10.1. The van der Waals surface area contributed by atoms with Crippen LogP contribution in [0.1, 0.15) is 28.9 Å². The number of amides is 1. The van der Waals surface area contributed by atoms with Crippen molar-refractivity contribution in [1.29, 1.82) is 0 Å². The summed E-state index contributed by atoms with van der Waals surface area (Å²) in [6.07, 6.45) is 1.78. The first-order valence-corrected chi connectivity index (χ1v) is 5.90. The van der Waals surface area contributed by atoms with Gasteiger partial charge in [0.05, 0.1) is 16.9 Å². The van der Waals surface area contributed by atoms with Crippen molar-refractivity contribution < 1.29 is 14.7 Å². The van der Waals surface area contributed by atoms with Crippen LogP contribution in [-0.4, -0.2) is 34.6 Å². The lowest BCUT2D eigenvalue weighted by Crippen LogP contribution is -2.44. The predicted molar refractivity (Wildman–Crippen MR) is 64.9 cm³/mol. The van der Waals surface area contributed by atoms with E-state index in [2.05, 4.69) is 10.3 Å². The Morgan fingerprint density at radius 3 is 3.11 bits per heavy atom. The fraction of sp³-hybridized carbons (Fsp3) is 0.417. The van der Waals surface area contributed by atoms with Gasteiger partial charge in [-0.3, -0.25) is 4.79 Å². The highest BCUT2D eigenvalue weighted by atomic mass is 16.4. The van der Waals surface area contributed by atoms with Crippen LogP contribution in [0.3, 0.4) is 0 Å². The quantitative estimate of drug-likeness (QED) is 0.773. The zero-order chi connectivity index (χ0) is 12.9. The van der Waals surface area contributed by atoms with E-state index < -0.39 is 5.97 Å². The van der Waals surface area contributed by atoms with Gasteiger partial charge in [-0.05, 0) is 25.8 Å². The molecular formula is C12H13N3O3. The number of hydrogen-bond donors (Lipinski definition) is 2. The molecule has 0 radical (unpaired) electrons. The molecule has 0 saturated carbocycles. The molecule has 3 heterocycles. The van der Waals surface area contributed by atoms with Crippen LogP contribution in [-0.2, 0) is 4.79 Å². The summed E-state index contributed by atoms with van der Waals surface area (Å²) in [5.74, 6) is -0.401. The second-order valence-electron chi connectivity index (χ2n) is 4.64. The molecule has 2 N–H and O–H groups in total. The van der Waals surface area contributed by atoms with E-state index in [1.807, 2.05) is 4.90 Å². The number of nitrogens with one attached hydrogen (secondary N) is 1. The number of rotatable bonds is 1. The van der Waals surface area contributed by atoms with Gasteiger partial charge in [0.25, 0.3) is 0 Å². The number of fused-ring (bicyclic) bond motifs is 3. The smallest absolute Gasteiger partial charge is 0.337 e. The normalized spacial score (nSPS) is 21.3. The Morgan fingerprint density at radius 1 is 1.61 bits per heavy atom. The number of aryl methyl sites for hydroxylation is 1. The van der Waals surface area contributed by atoms with Crippen molar-refractivity contribution in [2.45, 2.75) is 25.8 Å². The van der Waals surface area contributed by atoms with Crippen LogP contribution in [0.4, 0.5) is 11.5 Å². The second kappa shape index (κ2) is 3.69. The Kier molecular flexibility index (Phi) is 2.26. The van der Waals surface area contributed by atoms with Crippen LogP contribution in [0.15, 0.2) is 6.07 Å². The summed E-state index contributed by atoms with van der Waals surface area (Å²) in [5, 5.41) is 11.8. The van der Waals surface area contributed by atoms with Crippen molar-refractivity contribution in [3.05, 3.63) is 17.3 Å². The van der Waals surface area contributed by atoms with Crippen molar-refractivity contribution in [1.82, 2.24) is 4.98 Å². The van der Waals surface area contributed by atoms with Crippen molar-refractivity contribution in [2.24, 2.45) is 0 Å². The molecule has 6 heteroatoms. The molecule has 0 unspecified atom stereocenters. The molecule has 1 aromatic rings. The number of carbonyl (C=O) groups excluding carboxylic acids is 1. The summed E-state index contributed by atoms with van der Waals surface area (Å²) in [6, 6.07) is 1.34. The summed E-state index contributed by atoms with van der Waals surface area (Å²) in [5.41, 5.74) is 1.11. The molecule has 3 rings (SSSR count). The summed E-state index contributed by atoms with van der Waals surface area (Å²) in [7, 11) is 0. The number of aromatic nitrogens is 1. The molecule has 0 aromatic carbocycles. The molecule has 0 bridgehead atoms. The molecule has 2 aliphatic rings. The second-order valence-corrected chi connectivity index (χ2v) is 4.64. The summed E-state index contributed by atoms with van der Waals surface area (Å²) < 4.78 is 0. The number of carbonyl (C=O) groups is 2. The van der Waals surface area contributed by atoms with E-state index in [4.69, 9.17) is 5.11 Å². The third-order valence-corrected chi connectivity index (χ3v) is 3.51. The van der Waals surface area contributed by atoms with Crippen molar-refractivity contribution >= 4 is 23.4 Å². The van der Waals surface area contributed by atoms with Crippen molar-refractivity contribution in [2.75, 3.05) is 16.8 Å². The average molecular weight is 247 g/mol. The Labute approximate surface area is 104 Å². The van der Waals surface area contributed by atoms with Crippen LogP contribution in [0, 0.1) is 6.92 Å². The zero-order valence-corrected chi connectivity index (χ0v) is 9.93. The van der Waals surface area contributed by atoms with Crippen molar-refractivity contribution in [3.8, 4) is 0 Å². The molecule has 2 aliphatic heterocycles. The van der Waals surface area contributed by atoms with Gasteiger partial charge in [-0.2, -0.15) is 0 Å². The maximum atomic E-state index is 11.9. The van der Waals surface area contributed by atoms with Gasteiger partial charge in [0.2, 0.25) is 5.91 Å². The summed E-state index contributed by atoms with van der Waals surface area (Å²) in [6.45, 7) is 2.47. The Hall–Kier alpha value is -2.11. The maximum absolute atomic E-state index is 11.9. The van der Waals surface area contributed by atoms with E-state index in [9.17, 15) is 9.59 Å². The van der Waals surface area contributed by atoms with E-state index >= 15 is 0 Å². The molecule has 0 spiro atoms. The monoisotopic (exact) mass is 247 g/mol. The lowest BCUT2D eigenvalue weighted by molar-refractivity contribution is -0.117. The first kappa shape index (κ1) is 11.0. The van der Waals surface area contributed by atoms with E-state index in [1.54, 1.807) is 6.92 Å². The van der Waals surface area contributed by atoms with Gasteiger partial charge in [0, 0.05) is 6.54 Å². The first-order valence-electron chi connectivity index (χ1n) is 5.90. The van der Waals surface area contributed by atoms with Gasteiger partial charge in [0.1, 0.15) is 6.04 Å². The molecule has 1 fully saturated rings. The van der Waals surface area contributed by atoms with Crippen LogP contribution >= 0.6 is 0 Å². The number of nitrogens with zero attached hydrogens (tertiary/aromatic N) is 2. The fourth-order valence-electron chi connectivity index (χ4n) is 2.63. The van der Waals surface area contributed by atoms with Crippen LogP contribution in [0.5, 0.6) is 0 Å². The van der Waals surface area contributed by atoms with E-state index in [1.165, 1.54) is 6.07 Å². The largest absolute Gasteiger partial charge is 0.478 e. The lowest BCUT2D eigenvalue weighted by Gasteiger charge is -2.32. The molecule has 0 aliphatic carbocycles. The summed E-state index contributed by atoms with van der Waals surface area (Å²) in [4.78, 5) is 29.2. The molecule has 6 nitrogen and oxygen atoms in total. The SMILES string of the molecule is Cc1nc2c(cc1C(=O)O)NC(=O)[C@@H]1CCCN21. The molecule has 1 atom stereocenters. The highest BCUT2D eigenvalue weighted by molar-refractivity contribution is 6.04. The van der Waals surface area contributed by atoms with E-state index in [0.717, 1.165) is 19.4 Å². The average Bonchev–Trinajstić information content (AvgIpc) is 2.79. The number of anilines is 2. The number of pyridine rings is 1. The van der Waals surface area contributed by atoms with Gasteiger partial charge in [-0.1, -0.05) is 0 Å². The number of aromatic carboxylic acids is 1. The number of carboxylic acid groups (broad SMARTS) is 1. The van der Waals surface area contributed by atoms with Gasteiger partial charge >= 0.3 is 5.97 Å². The highest BCUT2D eigenvalue weighted by Crippen LogP contribution is 2.36. The minimum atomic E-state index is -1.03. The van der Waals surface area contributed by atoms with E-state index in [-0.39, 0.29) is 17.5 Å². The highest BCUT2D eigenvalue weighted by Gasteiger charge is 2.37. The topological polar surface area (TPSA) is 82.5 Å². The third-order valence-electron chi connectivity index (χ3n) is 3.51. The fourth-order valence-corrected chi connectivity index (χ4v) is 2.63. The number of carboxylic acids is 1. The van der Waals surface area contributed by atoms with Crippen LogP contribution < -0.4 is 10.2 Å². The van der Waals surface area contributed by atoms with Crippen LogP contribution in [0.2, 0.25) is 0 Å². The Bertz CT molecular complexity index is 556. The van der Waals surface area contributed by atoms with E-state index in [0.29, 0.717) is 17.2 Å². The van der Waals surface area contributed by atoms with Gasteiger partial charge < -0.3 is 15.3 Å². The number of hydrogen-bond acceptors (Lipinski definition) is 4. The molecule has 1 amide bonds. The standard InChI is InChI=1S/C12H13N3O3/c1-6-7(12(17)18)5-8-10(13-6)15-4-2-3-9(15)11(16)14-8/h5,9H,2-4H2,1H3,(H,14,16)(H,17,18)/t9-/m0/s1. The van der Waals surface area contributed by atoms with Crippen molar-refractivity contribution in [3.63, 3.8) is 0 Å². The Balaban J connectivity index is 2.13. The first-order chi connectivity index (χ1) is 8.58. The zero-order valence-electron chi connectivity index (χ0n) is 9.93. The van der Waals surface area contributed by atoms with Crippen LogP contribution in [0.25, 0.3) is 0 Å².